The second-order valence-electron chi connectivity index (χ2n) is 4.18. The van der Waals surface area contributed by atoms with Crippen molar-refractivity contribution in [1.29, 1.82) is 0 Å². The maximum absolute atomic E-state index is 11.1. The Morgan fingerprint density at radius 3 is 2.46 bits per heavy atom. The van der Waals surface area contributed by atoms with Gasteiger partial charge in [-0.3, -0.25) is 0 Å². The Morgan fingerprint density at radius 1 is 1.54 bits per heavy atom. The second kappa shape index (κ2) is 3.76. The number of hydrogen-bond donors (Lipinski definition) is 1. The van der Waals surface area contributed by atoms with Gasteiger partial charge in [0.15, 0.2) is 4.91 Å². The minimum atomic E-state index is -0.895. The van der Waals surface area contributed by atoms with Gasteiger partial charge in [0.25, 0.3) is 0 Å². The molecule has 1 N–H and O–H groups in total. The maximum Gasteiger partial charge on any atom is 0.156 e. The van der Waals surface area contributed by atoms with E-state index in [1.54, 1.807) is 6.26 Å². The van der Waals surface area contributed by atoms with Gasteiger partial charge in [0.05, 0.1) is 6.54 Å². The summed E-state index contributed by atoms with van der Waals surface area (Å²) in [5, 5.41) is 3.26. The van der Waals surface area contributed by atoms with Crippen molar-refractivity contribution < 1.29 is 4.55 Å². The summed E-state index contributed by atoms with van der Waals surface area (Å²) in [5.41, 5.74) is 1.27. The van der Waals surface area contributed by atoms with Gasteiger partial charge in [0.2, 0.25) is 0 Å². The molecule has 0 aromatic rings. The van der Waals surface area contributed by atoms with E-state index >= 15 is 0 Å². The average Bonchev–Trinajstić information content (AvgIpc) is 2.03. The fourth-order valence-electron chi connectivity index (χ4n) is 1.10. The quantitative estimate of drug-likeness (QED) is 0.649. The molecule has 0 saturated carbocycles. The van der Waals surface area contributed by atoms with Gasteiger partial charge in [0.1, 0.15) is 6.26 Å². The van der Waals surface area contributed by atoms with Crippen LogP contribution in [0.5, 0.6) is 0 Å². The molecular weight excluding hydrogens is 182 g/mol. The van der Waals surface area contributed by atoms with E-state index in [1.165, 1.54) is 0 Å². The molecular formula is C10H16NOS. The monoisotopic (exact) mass is 198 g/mol. The molecule has 1 radical (unpaired) electrons. The first-order chi connectivity index (χ1) is 5.91. The molecule has 3 heteroatoms. The first kappa shape index (κ1) is 10.7. The topological polar surface area (TPSA) is 35.1 Å². The van der Waals surface area contributed by atoms with Crippen LogP contribution in [0.2, 0.25) is 0 Å². The van der Waals surface area contributed by atoms with Crippen LogP contribution in [-0.2, 0) is 11.2 Å². The van der Waals surface area contributed by atoms with Gasteiger partial charge in [-0.15, -0.1) is 0 Å². The van der Waals surface area contributed by atoms with E-state index in [4.69, 9.17) is 0 Å². The normalized spacial score (nSPS) is 20.1. The van der Waals surface area contributed by atoms with Gasteiger partial charge in [-0.25, -0.2) is 0 Å². The molecule has 13 heavy (non-hydrogen) atoms. The van der Waals surface area contributed by atoms with Crippen LogP contribution < -0.4 is 5.32 Å². The lowest BCUT2D eigenvalue weighted by molar-refractivity contribution is 0.463. The fraction of sp³-hybridized carbons (Fsp3) is 0.600. The first-order valence-corrected chi connectivity index (χ1v) is 5.87. The van der Waals surface area contributed by atoms with Crippen LogP contribution in [0, 0.1) is 11.5 Å². The highest BCUT2D eigenvalue weighted by Gasteiger charge is 2.21. The molecule has 1 heterocycles. The number of hydrogen-bond acceptors (Lipinski definition) is 2. The molecule has 0 aliphatic carbocycles. The summed E-state index contributed by atoms with van der Waals surface area (Å²) < 4.78 is 11.1. The summed E-state index contributed by atoms with van der Waals surface area (Å²) in [6.07, 6.45) is 6.65. The first-order valence-electron chi connectivity index (χ1n) is 4.31. The van der Waals surface area contributed by atoms with Crippen molar-refractivity contribution >= 4 is 11.2 Å². The minimum absolute atomic E-state index is 0.119. The van der Waals surface area contributed by atoms with Crippen LogP contribution in [0.25, 0.3) is 0 Å². The lowest BCUT2D eigenvalue weighted by Crippen LogP contribution is -2.30. The van der Waals surface area contributed by atoms with Gasteiger partial charge in [-0.2, -0.15) is 0 Å². The summed E-state index contributed by atoms with van der Waals surface area (Å²) in [4.78, 5) is 0.841. The number of dihydropyridines is 1. The van der Waals surface area contributed by atoms with E-state index in [0.29, 0.717) is 6.54 Å². The lowest BCUT2D eigenvalue weighted by Gasteiger charge is -2.26. The zero-order valence-electron chi connectivity index (χ0n) is 8.60. The molecule has 0 amide bonds. The zero-order chi connectivity index (χ0) is 10.1. The molecule has 73 valence electrons. The molecule has 0 spiro atoms. The van der Waals surface area contributed by atoms with Crippen molar-refractivity contribution in [1.82, 2.24) is 5.32 Å². The van der Waals surface area contributed by atoms with Crippen LogP contribution >= 0.6 is 0 Å². The summed E-state index contributed by atoms with van der Waals surface area (Å²) in [5.74, 6) is 0. The summed E-state index contributed by atoms with van der Waals surface area (Å²) in [7, 11) is 0. The summed E-state index contributed by atoms with van der Waals surface area (Å²) in [6, 6.07) is 0. The molecule has 0 bridgehead atoms. The van der Waals surface area contributed by atoms with E-state index in [0.717, 1.165) is 10.6 Å². The van der Waals surface area contributed by atoms with E-state index in [2.05, 4.69) is 32.2 Å². The lowest BCUT2D eigenvalue weighted by atomic mass is 9.91. The third kappa shape index (κ3) is 2.78. The Kier molecular flexibility index (Phi) is 3.09. The average molecular weight is 198 g/mol. The zero-order valence-corrected chi connectivity index (χ0v) is 9.42. The molecule has 0 fully saturated rings. The van der Waals surface area contributed by atoms with Crippen LogP contribution in [-0.4, -0.2) is 17.4 Å². The molecule has 0 aromatic carbocycles. The fourth-order valence-corrected chi connectivity index (χ4v) is 1.60. The molecule has 1 atom stereocenters. The Labute approximate surface area is 83.3 Å². The number of allylic oxidation sites excluding steroid dienone is 3. The smallest absolute Gasteiger partial charge is 0.156 e. The van der Waals surface area contributed by atoms with E-state index in [1.807, 2.05) is 6.08 Å². The maximum atomic E-state index is 11.1. The molecule has 2 nitrogen and oxygen atoms in total. The molecule has 0 aromatic heterocycles. The summed E-state index contributed by atoms with van der Waals surface area (Å²) >= 11 is -0.895. The molecule has 1 unspecified atom stereocenters. The SMILES string of the molecule is C[S+]([O-])C1=[C]C=C(C(C)(C)C)NC1. The number of nitrogens with one attached hydrogen (secondary N) is 1. The highest BCUT2D eigenvalue weighted by atomic mass is 32.2. The van der Waals surface area contributed by atoms with Crippen LogP contribution in [0.1, 0.15) is 20.8 Å². The predicted octanol–water partition coefficient (Wildman–Crippen LogP) is 1.59. The van der Waals surface area contributed by atoms with Gasteiger partial charge in [-0.1, -0.05) is 20.8 Å². The van der Waals surface area contributed by atoms with Crippen molar-refractivity contribution in [3.8, 4) is 0 Å². The predicted molar refractivity (Wildman–Crippen MR) is 56.4 cm³/mol. The molecule has 1 aliphatic heterocycles. The molecule has 1 rings (SSSR count). The Bertz CT molecular complexity index is 248. The van der Waals surface area contributed by atoms with E-state index in [-0.39, 0.29) is 5.41 Å². The van der Waals surface area contributed by atoms with E-state index < -0.39 is 11.2 Å². The highest BCUT2D eigenvalue weighted by molar-refractivity contribution is 7.94. The second-order valence-corrected chi connectivity index (χ2v) is 5.58. The van der Waals surface area contributed by atoms with Crippen molar-refractivity contribution in [2.24, 2.45) is 5.41 Å². The largest absolute Gasteiger partial charge is 0.612 e. The Balaban J connectivity index is 2.77. The standard InChI is InChI=1S/C10H16NOS/c1-10(2,3)9-6-5-8(7-11-9)13(4)12/h6,11H,7H2,1-4H3. The Morgan fingerprint density at radius 2 is 2.15 bits per heavy atom. The van der Waals surface area contributed by atoms with Crippen molar-refractivity contribution in [3.05, 3.63) is 22.8 Å². The van der Waals surface area contributed by atoms with Crippen molar-refractivity contribution in [2.45, 2.75) is 20.8 Å². The van der Waals surface area contributed by atoms with Crippen LogP contribution in [0.15, 0.2) is 16.7 Å². The Hall–Kier alpha value is -0.410. The van der Waals surface area contributed by atoms with Gasteiger partial charge >= 0.3 is 0 Å². The van der Waals surface area contributed by atoms with Crippen LogP contribution in [0.4, 0.5) is 0 Å². The highest BCUT2D eigenvalue weighted by Crippen LogP contribution is 2.25. The third-order valence-corrected chi connectivity index (χ3v) is 2.93. The van der Waals surface area contributed by atoms with Gasteiger partial charge in [0, 0.05) is 17.2 Å². The summed E-state index contributed by atoms with van der Waals surface area (Å²) in [6.45, 7) is 7.08. The molecule has 1 aliphatic rings. The third-order valence-electron chi connectivity index (χ3n) is 1.97. The van der Waals surface area contributed by atoms with E-state index in [9.17, 15) is 4.55 Å². The van der Waals surface area contributed by atoms with Crippen molar-refractivity contribution in [2.75, 3.05) is 12.8 Å². The van der Waals surface area contributed by atoms with Gasteiger partial charge in [-0.05, 0) is 17.3 Å². The van der Waals surface area contributed by atoms with Crippen molar-refractivity contribution in [3.63, 3.8) is 0 Å². The molecule has 0 saturated heterocycles. The van der Waals surface area contributed by atoms with Gasteiger partial charge < -0.3 is 9.87 Å². The minimum Gasteiger partial charge on any atom is -0.612 e. The number of rotatable bonds is 1. The van der Waals surface area contributed by atoms with Crippen LogP contribution in [0.3, 0.4) is 0 Å².